The molecule has 0 bridgehead atoms. The van der Waals surface area contributed by atoms with Crippen LogP contribution in [0.25, 0.3) is 0 Å². The van der Waals surface area contributed by atoms with Crippen LogP contribution >= 0.6 is 11.6 Å². The molecular formula is C16H16ClNO. The summed E-state index contributed by atoms with van der Waals surface area (Å²) in [5, 5.41) is 0.746. The van der Waals surface area contributed by atoms with Crippen LogP contribution in [0.15, 0.2) is 42.5 Å². The molecule has 0 fully saturated rings. The molecule has 2 N–H and O–H groups in total. The molecule has 0 aliphatic heterocycles. The molecule has 0 radical (unpaired) electrons. The molecule has 3 heteroatoms. The van der Waals surface area contributed by atoms with E-state index < -0.39 is 0 Å². The first-order valence-electron chi connectivity index (χ1n) is 6.48. The highest BCUT2D eigenvalue weighted by atomic mass is 35.5. The van der Waals surface area contributed by atoms with E-state index in [1.807, 2.05) is 36.4 Å². The summed E-state index contributed by atoms with van der Waals surface area (Å²) in [4.78, 5) is 0. The molecule has 98 valence electrons. The van der Waals surface area contributed by atoms with Crippen molar-refractivity contribution in [2.45, 2.75) is 25.5 Å². The zero-order valence-electron chi connectivity index (χ0n) is 10.6. The zero-order chi connectivity index (χ0) is 13.2. The first-order chi connectivity index (χ1) is 9.24. The van der Waals surface area contributed by atoms with Gasteiger partial charge in [0.15, 0.2) is 0 Å². The van der Waals surface area contributed by atoms with Crippen molar-refractivity contribution >= 4 is 11.6 Å². The van der Waals surface area contributed by atoms with Gasteiger partial charge in [-0.1, -0.05) is 35.9 Å². The second-order valence-corrected chi connectivity index (χ2v) is 5.32. The molecule has 0 amide bonds. The molecule has 0 spiro atoms. The molecule has 0 saturated carbocycles. The number of nitrogens with two attached hydrogens (primary N) is 1. The monoisotopic (exact) mass is 273 g/mol. The van der Waals surface area contributed by atoms with E-state index in [-0.39, 0.29) is 6.04 Å². The van der Waals surface area contributed by atoms with Crippen LogP contribution in [0.5, 0.6) is 5.75 Å². The van der Waals surface area contributed by atoms with Gasteiger partial charge in [0.2, 0.25) is 0 Å². The summed E-state index contributed by atoms with van der Waals surface area (Å²) < 4.78 is 5.92. The summed E-state index contributed by atoms with van der Waals surface area (Å²) >= 11 is 5.87. The van der Waals surface area contributed by atoms with Gasteiger partial charge in [0.1, 0.15) is 12.4 Å². The predicted octanol–water partition coefficient (Wildman–Crippen LogP) is 3.87. The van der Waals surface area contributed by atoms with Gasteiger partial charge >= 0.3 is 0 Å². The predicted molar refractivity (Wildman–Crippen MR) is 77.5 cm³/mol. The van der Waals surface area contributed by atoms with Crippen molar-refractivity contribution in [1.29, 1.82) is 0 Å². The minimum Gasteiger partial charge on any atom is -0.489 e. The minimum atomic E-state index is 0.161. The maximum Gasteiger partial charge on any atom is 0.123 e. The molecule has 19 heavy (non-hydrogen) atoms. The third kappa shape index (κ3) is 2.60. The van der Waals surface area contributed by atoms with E-state index in [2.05, 4.69) is 6.07 Å². The van der Waals surface area contributed by atoms with Crippen LogP contribution in [-0.2, 0) is 13.0 Å². The smallest absolute Gasteiger partial charge is 0.123 e. The first-order valence-corrected chi connectivity index (χ1v) is 6.86. The molecule has 2 aromatic rings. The second-order valence-electron chi connectivity index (χ2n) is 4.88. The maximum absolute atomic E-state index is 6.07. The van der Waals surface area contributed by atoms with Gasteiger partial charge in [-0.25, -0.2) is 0 Å². The summed E-state index contributed by atoms with van der Waals surface area (Å²) in [7, 11) is 0. The number of rotatable bonds is 3. The van der Waals surface area contributed by atoms with Crippen LogP contribution in [0, 0.1) is 0 Å². The highest BCUT2D eigenvalue weighted by Gasteiger charge is 2.21. The standard InChI is InChI=1S/C16H16ClNO/c17-12-6-4-11(5-7-12)10-19-16-3-1-2-13-14(16)8-9-15(13)18/h1-7,15H,8-10,18H2. The summed E-state index contributed by atoms with van der Waals surface area (Å²) in [6.45, 7) is 0.558. The van der Waals surface area contributed by atoms with E-state index in [9.17, 15) is 0 Å². The van der Waals surface area contributed by atoms with Crippen molar-refractivity contribution in [3.05, 3.63) is 64.2 Å². The minimum absolute atomic E-state index is 0.161. The van der Waals surface area contributed by atoms with Gasteiger partial charge in [0.05, 0.1) is 0 Å². The fourth-order valence-corrected chi connectivity index (χ4v) is 2.66. The number of ether oxygens (including phenoxy) is 1. The van der Waals surface area contributed by atoms with Crippen molar-refractivity contribution in [3.8, 4) is 5.75 Å². The van der Waals surface area contributed by atoms with Gasteiger partial charge in [0, 0.05) is 11.1 Å². The summed E-state index contributed by atoms with van der Waals surface area (Å²) in [6.07, 6.45) is 2.02. The molecule has 1 aliphatic carbocycles. The number of hydrogen-bond acceptors (Lipinski definition) is 2. The quantitative estimate of drug-likeness (QED) is 0.921. The van der Waals surface area contributed by atoms with E-state index in [0.29, 0.717) is 6.61 Å². The normalized spacial score (nSPS) is 17.3. The zero-order valence-corrected chi connectivity index (χ0v) is 11.4. The molecule has 1 atom stereocenters. The Hall–Kier alpha value is -1.51. The molecule has 2 aromatic carbocycles. The van der Waals surface area contributed by atoms with Crippen LogP contribution < -0.4 is 10.5 Å². The van der Waals surface area contributed by atoms with Crippen LogP contribution in [0.3, 0.4) is 0 Å². The molecule has 0 aromatic heterocycles. The van der Waals surface area contributed by atoms with E-state index in [1.54, 1.807) is 0 Å². The molecule has 1 aliphatic rings. The Kier molecular flexibility index (Phi) is 3.45. The van der Waals surface area contributed by atoms with Gasteiger partial charge in [0.25, 0.3) is 0 Å². The second kappa shape index (κ2) is 5.24. The largest absolute Gasteiger partial charge is 0.489 e. The SMILES string of the molecule is NC1CCc2c(OCc3ccc(Cl)cc3)cccc21. The summed E-state index contributed by atoms with van der Waals surface area (Å²) in [5.74, 6) is 0.959. The highest BCUT2D eigenvalue weighted by molar-refractivity contribution is 6.30. The van der Waals surface area contributed by atoms with Crippen LogP contribution in [0.1, 0.15) is 29.2 Å². The molecule has 2 nitrogen and oxygen atoms in total. The average molecular weight is 274 g/mol. The van der Waals surface area contributed by atoms with Crippen molar-refractivity contribution in [2.24, 2.45) is 5.73 Å². The lowest BCUT2D eigenvalue weighted by Gasteiger charge is -2.11. The Labute approximate surface area is 118 Å². The molecule has 1 unspecified atom stereocenters. The number of hydrogen-bond donors (Lipinski definition) is 1. The fraction of sp³-hybridized carbons (Fsp3) is 0.250. The fourth-order valence-electron chi connectivity index (χ4n) is 2.53. The van der Waals surface area contributed by atoms with Crippen LogP contribution in [-0.4, -0.2) is 0 Å². The van der Waals surface area contributed by atoms with Crippen LogP contribution in [0.4, 0.5) is 0 Å². The van der Waals surface area contributed by atoms with Crippen molar-refractivity contribution in [2.75, 3.05) is 0 Å². The first kappa shape index (κ1) is 12.5. The summed E-state index contributed by atoms with van der Waals surface area (Å²) in [5.41, 5.74) is 9.68. The van der Waals surface area contributed by atoms with Gasteiger partial charge in [-0.05, 0) is 47.7 Å². The van der Waals surface area contributed by atoms with Crippen molar-refractivity contribution < 1.29 is 4.74 Å². The number of fused-ring (bicyclic) bond motifs is 1. The van der Waals surface area contributed by atoms with Crippen LogP contribution in [0.2, 0.25) is 5.02 Å². The lowest BCUT2D eigenvalue weighted by atomic mass is 10.1. The number of benzene rings is 2. The Morgan fingerprint density at radius 1 is 1.16 bits per heavy atom. The Balaban J connectivity index is 1.76. The third-order valence-corrected chi connectivity index (χ3v) is 3.83. The lowest BCUT2D eigenvalue weighted by molar-refractivity contribution is 0.303. The molecule has 0 heterocycles. The van der Waals surface area contributed by atoms with E-state index >= 15 is 0 Å². The summed E-state index contributed by atoms with van der Waals surface area (Å²) in [6, 6.07) is 14.0. The molecule has 3 rings (SSSR count). The Bertz CT molecular complexity index is 580. The molecule has 0 saturated heterocycles. The highest BCUT2D eigenvalue weighted by Crippen LogP contribution is 2.35. The van der Waals surface area contributed by atoms with E-state index in [4.69, 9.17) is 22.1 Å². The number of halogens is 1. The Morgan fingerprint density at radius 2 is 1.95 bits per heavy atom. The van der Waals surface area contributed by atoms with Crippen molar-refractivity contribution in [1.82, 2.24) is 0 Å². The van der Waals surface area contributed by atoms with Gasteiger partial charge in [-0.2, -0.15) is 0 Å². The van der Waals surface area contributed by atoms with Crippen molar-refractivity contribution in [3.63, 3.8) is 0 Å². The van der Waals surface area contributed by atoms with Gasteiger partial charge < -0.3 is 10.5 Å². The third-order valence-electron chi connectivity index (χ3n) is 3.58. The van der Waals surface area contributed by atoms with Gasteiger partial charge in [-0.3, -0.25) is 0 Å². The van der Waals surface area contributed by atoms with Gasteiger partial charge in [-0.15, -0.1) is 0 Å². The molecular weight excluding hydrogens is 258 g/mol. The van der Waals surface area contributed by atoms with E-state index in [1.165, 1.54) is 11.1 Å². The maximum atomic E-state index is 6.07. The topological polar surface area (TPSA) is 35.2 Å². The van der Waals surface area contributed by atoms with E-state index in [0.717, 1.165) is 29.2 Å². The lowest BCUT2D eigenvalue weighted by Crippen LogP contribution is -2.05. The Morgan fingerprint density at radius 3 is 2.74 bits per heavy atom. The average Bonchev–Trinajstić information content (AvgIpc) is 2.81.